The number of benzene rings is 1. The van der Waals surface area contributed by atoms with Crippen molar-refractivity contribution in [1.29, 1.82) is 0 Å². The van der Waals surface area contributed by atoms with Crippen molar-refractivity contribution in [2.45, 2.75) is 57.8 Å². The second-order valence-corrected chi connectivity index (χ2v) is 6.31. The van der Waals surface area contributed by atoms with Crippen LogP contribution < -0.4 is 4.74 Å². The highest BCUT2D eigenvalue weighted by atomic mass is 35.5. The van der Waals surface area contributed by atoms with Crippen LogP contribution in [0.4, 0.5) is 0 Å². The van der Waals surface area contributed by atoms with Crippen molar-refractivity contribution in [3.63, 3.8) is 0 Å². The van der Waals surface area contributed by atoms with Gasteiger partial charge >= 0.3 is 0 Å². The Bertz CT molecular complexity index is 416. The minimum Gasteiger partial charge on any atom is -0.494 e. The van der Waals surface area contributed by atoms with E-state index in [2.05, 4.69) is 37.3 Å². The predicted molar refractivity (Wildman–Crippen MR) is 91.2 cm³/mol. The molecule has 0 N–H and O–H groups in total. The van der Waals surface area contributed by atoms with Crippen LogP contribution in [0.25, 0.3) is 0 Å². The van der Waals surface area contributed by atoms with E-state index in [1.165, 1.54) is 44.1 Å². The zero-order valence-corrected chi connectivity index (χ0v) is 13.8. The zero-order valence-electron chi connectivity index (χ0n) is 13.1. The van der Waals surface area contributed by atoms with Crippen LogP contribution in [0.3, 0.4) is 0 Å². The number of hydrogen-bond donors (Lipinski definition) is 0. The Morgan fingerprint density at radius 3 is 2.43 bits per heavy atom. The van der Waals surface area contributed by atoms with Crippen LogP contribution in [0.15, 0.2) is 35.9 Å². The summed E-state index contributed by atoms with van der Waals surface area (Å²) in [6.45, 7) is 3.05. The van der Waals surface area contributed by atoms with E-state index in [1.54, 1.807) is 5.54 Å². The molecule has 116 valence electrons. The largest absolute Gasteiger partial charge is 0.494 e. The summed E-state index contributed by atoms with van der Waals surface area (Å²) in [6, 6.07) is 8.76. The molecule has 1 fully saturated rings. The summed E-state index contributed by atoms with van der Waals surface area (Å²) in [5.74, 6) is 2.40. The molecule has 0 saturated heterocycles. The molecule has 0 aromatic heterocycles. The van der Waals surface area contributed by atoms with Gasteiger partial charge in [-0.05, 0) is 61.6 Å². The Hall–Kier alpha value is -0.950. The van der Waals surface area contributed by atoms with Crippen LogP contribution in [0.1, 0.15) is 63.4 Å². The van der Waals surface area contributed by atoms with Gasteiger partial charge in [-0.25, -0.2) is 0 Å². The normalized spacial score (nSPS) is 22.6. The Morgan fingerprint density at radius 1 is 1.10 bits per heavy atom. The molecule has 0 atom stereocenters. The predicted octanol–water partition coefficient (Wildman–Crippen LogP) is 6.28. The molecule has 2 heteroatoms. The van der Waals surface area contributed by atoms with Crippen LogP contribution in [0, 0.1) is 5.92 Å². The average molecular weight is 307 g/mol. The van der Waals surface area contributed by atoms with Crippen molar-refractivity contribution in [2.75, 3.05) is 6.61 Å². The van der Waals surface area contributed by atoms with Crippen molar-refractivity contribution in [1.82, 2.24) is 0 Å². The van der Waals surface area contributed by atoms with Gasteiger partial charge in [-0.2, -0.15) is 0 Å². The van der Waals surface area contributed by atoms with Crippen LogP contribution in [-0.4, -0.2) is 6.61 Å². The third-order valence-corrected chi connectivity index (χ3v) is 4.63. The van der Waals surface area contributed by atoms with Gasteiger partial charge < -0.3 is 4.74 Å². The van der Waals surface area contributed by atoms with Crippen molar-refractivity contribution < 1.29 is 4.74 Å². The molecule has 0 aliphatic heterocycles. The maximum atomic E-state index is 5.78. The first-order valence-electron chi connectivity index (χ1n) is 8.33. The molecule has 1 aliphatic rings. The van der Waals surface area contributed by atoms with E-state index >= 15 is 0 Å². The molecule has 1 aromatic carbocycles. The minimum atomic E-state index is 0.680. The fraction of sp³-hybridized carbons (Fsp3) is 0.579. The molecule has 1 saturated carbocycles. The van der Waals surface area contributed by atoms with E-state index in [1.807, 2.05) is 0 Å². The molecule has 0 bridgehead atoms. The molecule has 0 radical (unpaired) electrons. The van der Waals surface area contributed by atoms with Gasteiger partial charge in [-0.3, -0.25) is 0 Å². The highest BCUT2D eigenvalue weighted by Crippen LogP contribution is 2.36. The number of ether oxygens (including phenoxy) is 1. The van der Waals surface area contributed by atoms with E-state index in [4.69, 9.17) is 16.3 Å². The van der Waals surface area contributed by atoms with Gasteiger partial charge in [0.15, 0.2) is 0 Å². The SMILES string of the molecule is CCCCCOc1ccc(C2CCC(/C=C/Cl)CC2)cc1. The summed E-state index contributed by atoms with van der Waals surface area (Å²) >= 11 is 5.67. The van der Waals surface area contributed by atoms with Crippen molar-refractivity contribution in [2.24, 2.45) is 5.92 Å². The number of unbranched alkanes of at least 4 members (excludes halogenated alkanes) is 2. The summed E-state index contributed by atoms with van der Waals surface area (Å²) in [6.07, 6.45) is 10.8. The quantitative estimate of drug-likeness (QED) is 0.538. The monoisotopic (exact) mass is 306 g/mol. The Labute approximate surface area is 134 Å². The van der Waals surface area contributed by atoms with Gasteiger partial charge in [0.05, 0.1) is 6.61 Å². The lowest BCUT2D eigenvalue weighted by Crippen LogP contribution is -2.11. The third kappa shape index (κ3) is 5.39. The fourth-order valence-corrected chi connectivity index (χ4v) is 3.33. The van der Waals surface area contributed by atoms with Crippen molar-refractivity contribution >= 4 is 11.6 Å². The molecule has 0 spiro atoms. The standard InChI is InChI=1S/C19H27ClO/c1-2-3-4-15-21-19-11-9-18(10-12-19)17-7-5-16(6-8-17)13-14-20/h9-14,16-17H,2-8,15H2,1H3/b14-13+. The van der Waals surface area contributed by atoms with E-state index < -0.39 is 0 Å². The first-order valence-corrected chi connectivity index (χ1v) is 8.76. The number of allylic oxidation sites excluding steroid dienone is 1. The Morgan fingerprint density at radius 2 is 1.81 bits per heavy atom. The number of halogens is 1. The van der Waals surface area contributed by atoms with Gasteiger partial charge in [-0.15, -0.1) is 0 Å². The smallest absolute Gasteiger partial charge is 0.119 e. The lowest BCUT2D eigenvalue weighted by Gasteiger charge is -2.27. The van der Waals surface area contributed by atoms with Crippen molar-refractivity contribution in [3.05, 3.63) is 41.4 Å². The number of hydrogen-bond acceptors (Lipinski definition) is 1. The summed E-state index contributed by atoms with van der Waals surface area (Å²) in [4.78, 5) is 0. The summed E-state index contributed by atoms with van der Waals surface area (Å²) in [5, 5.41) is 0. The van der Waals surface area contributed by atoms with Crippen LogP contribution in [0.2, 0.25) is 0 Å². The maximum Gasteiger partial charge on any atom is 0.119 e. The molecule has 1 aromatic rings. The molecule has 21 heavy (non-hydrogen) atoms. The first kappa shape index (κ1) is 16.4. The molecule has 1 nitrogen and oxygen atoms in total. The average Bonchev–Trinajstić information content (AvgIpc) is 2.53. The molecule has 2 rings (SSSR count). The van der Waals surface area contributed by atoms with Gasteiger partial charge in [-0.1, -0.05) is 49.6 Å². The van der Waals surface area contributed by atoms with Gasteiger partial charge in [0, 0.05) is 5.54 Å². The minimum absolute atomic E-state index is 0.680. The Balaban J connectivity index is 1.79. The van der Waals surface area contributed by atoms with E-state index in [9.17, 15) is 0 Å². The lowest BCUT2D eigenvalue weighted by molar-refractivity contribution is 0.306. The summed E-state index contributed by atoms with van der Waals surface area (Å²) < 4.78 is 5.78. The number of rotatable bonds is 7. The van der Waals surface area contributed by atoms with Gasteiger partial charge in [0.1, 0.15) is 5.75 Å². The van der Waals surface area contributed by atoms with Crippen LogP contribution in [-0.2, 0) is 0 Å². The van der Waals surface area contributed by atoms with Gasteiger partial charge in [0.25, 0.3) is 0 Å². The summed E-state index contributed by atoms with van der Waals surface area (Å²) in [7, 11) is 0. The van der Waals surface area contributed by atoms with Crippen molar-refractivity contribution in [3.8, 4) is 5.75 Å². The first-order chi connectivity index (χ1) is 10.3. The van der Waals surface area contributed by atoms with E-state index in [0.717, 1.165) is 18.8 Å². The fourth-order valence-electron chi connectivity index (χ4n) is 3.13. The third-order valence-electron chi connectivity index (χ3n) is 4.48. The highest BCUT2D eigenvalue weighted by Gasteiger charge is 2.20. The lowest BCUT2D eigenvalue weighted by atomic mass is 9.79. The molecule has 0 heterocycles. The molecular weight excluding hydrogens is 280 g/mol. The van der Waals surface area contributed by atoms with Crippen LogP contribution in [0.5, 0.6) is 5.75 Å². The molecular formula is C19H27ClO. The van der Waals surface area contributed by atoms with E-state index in [0.29, 0.717) is 11.8 Å². The zero-order chi connectivity index (χ0) is 14.9. The molecule has 1 aliphatic carbocycles. The maximum absolute atomic E-state index is 5.78. The van der Waals surface area contributed by atoms with Crippen LogP contribution >= 0.6 is 11.6 Å². The van der Waals surface area contributed by atoms with E-state index in [-0.39, 0.29) is 0 Å². The molecule has 0 amide bonds. The summed E-state index contributed by atoms with van der Waals surface area (Å²) in [5.41, 5.74) is 3.14. The molecule has 0 unspecified atom stereocenters. The second kappa shape index (κ2) is 9.15. The Kier molecular flexibility index (Phi) is 7.15. The topological polar surface area (TPSA) is 9.23 Å². The second-order valence-electron chi connectivity index (χ2n) is 6.05. The highest BCUT2D eigenvalue weighted by molar-refractivity contribution is 6.25. The van der Waals surface area contributed by atoms with Gasteiger partial charge in [0.2, 0.25) is 0 Å².